The first kappa shape index (κ1) is 18.0. The molecule has 0 N–H and O–H groups in total. The van der Waals surface area contributed by atoms with Gasteiger partial charge in [-0.05, 0) is 38.5 Å². The van der Waals surface area contributed by atoms with E-state index < -0.39 is 0 Å². The van der Waals surface area contributed by atoms with Gasteiger partial charge in [0.1, 0.15) is 0 Å². The van der Waals surface area contributed by atoms with Crippen molar-refractivity contribution in [3.05, 3.63) is 12.7 Å². The van der Waals surface area contributed by atoms with Crippen LogP contribution in [0.4, 0.5) is 0 Å². The van der Waals surface area contributed by atoms with Crippen LogP contribution in [0.1, 0.15) is 70.6 Å². The van der Waals surface area contributed by atoms with E-state index in [4.69, 9.17) is 16.3 Å². The molecule has 0 aromatic heterocycles. The fraction of sp³-hybridized carbons (Fsp3) is 0.875. The van der Waals surface area contributed by atoms with Crippen molar-refractivity contribution in [2.24, 2.45) is 0 Å². The van der Waals surface area contributed by atoms with E-state index in [9.17, 15) is 0 Å². The average Bonchev–Trinajstić information content (AvgIpc) is 2.39. The predicted octanol–water partition coefficient (Wildman–Crippen LogP) is 5.72. The zero-order valence-electron chi connectivity index (χ0n) is 12.0. The number of rotatable bonds is 15. The van der Waals surface area contributed by atoms with Gasteiger partial charge in [-0.3, -0.25) is 0 Å². The Balaban J connectivity index is 2.88. The lowest BCUT2D eigenvalue weighted by Gasteiger charge is -2.04. The van der Waals surface area contributed by atoms with Crippen molar-refractivity contribution in [3.8, 4) is 0 Å². The van der Waals surface area contributed by atoms with Crippen LogP contribution in [0.5, 0.6) is 0 Å². The molecule has 0 saturated heterocycles. The molecule has 0 aliphatic carbocycles. The van der Waals surface area contributed by atoms with Gasteiger partial charge in [-0.1, -0.05) is 38.2 Å². The van der Waals surface area contributed by atoms with Crippen molar-refractivity contribution in [3.63, 3.8) is 0 Å². The molecule has 0 bridgehead atoms. The molecule has 0 amide bonds. The first-order chi connectivity index (χ1) is 8.91. The summed E-state index contributed by atoms with van der Waals surface area (Å²) in [4.78, 5) is 0. The number of allylic oxidation sites excluding steroid dienone is 1. The maximum atomic E-state index is 5.61. The maximum absolute atomic E-state index is 5.61. The summed E-state index contributed by atoms with van der Waals surface area (Å²) in [6.07, 6.45) is 16.0. The normalized spacial score (nSPS) is 10.7. The molecule has 0 heterocycles. The third-order valence-electron chi connectivity index (χ3n) is 3.12. The minimum absolute atomic E-state index is 0.785. The monoisotopic (exact) mass is 274 g/mol. The molecule has 0 aliphatic heterocycles. The summed E-state index contributed by atoms with van der Waals surface area (Å²) in [7, 11) is 0. The van der Waals surface area contributed by atoms with Gasteiger partial charge in [0.05, 0.1) is 0 Å². The Hall–Kier alpha value is -0.0100. The molecular weight excluding hydrogens is 244 g/mol. The molecule has 2 heteroatoms. The third kappa shape index (κ3) is 16.0. The highest BCUT2D eigenvalue weighted by Gasteiger charge is 1.93. The standard InChI is InChI=1S/C16H31ClO/c1-2-3-4-5-6-7-8-9-12-15-18-16-13-10-11-14-17/h2H,1,3-16H2. The van der Waals surface area contributed by atoms with Crippen molar-refractivity contribution >= 4 is 11.6 Å². The predicted molar refractivity (Wildman–Crippen MR) is 82.5 cm³/mol. The number of halogens is 1. The molecule has 0 saturated carbocycles. The van der Waals surface area contributed by atoms with Gasteiger partial charge in [-0.25, -0.2) is 0 Å². The highest BCUT2D eigenvalue weighted by Crippen LogP contribution is 2.08. The molecule has 1 nitrogen and oxygen atoms in total. The van der Waals surface area contributed by atoms with Crippen LogP contribution in [0.15, 0.2) is 12.7 Å². The van der Waals surface area contributed by atoms with Gasteiger partial charge in [0.2, 0.25) is 0 Å². The van der Waals surface area contributed by atoms with Crippen molar-refractivity contribution in [2.75, 3.05) is 19.1 Å². The number of ether oxygens (including phenoxy) is 1. The Morgan fingerprint density at radius 2 is 1.22 bits per heavy atom. The van der Waals surface area contributed by atoms with E-state index in [0.29, 0.717) is 0 Å². The minimum Gasteiger partial charge on any atom is -0.381 e. The Morgan fingerprint density at radius 1 is 0.722 bits per heavy atom. The molecular formula is C16H31ClO. The maximum Gasteiger partial charge on any atom is 0.0466 e. The first-order valence-electron chi connectivity index (χ1n) is 7.66. The van der Waals surface area contributed by atoms with E-state index >= 15 is 0 Å². The summed E-state index contributed by atoms with van der Waals surface area (Å²) in [5.74, 6) is 0.785. The second kappa shape index (κ2) is 17.0. The van der Waals surface area contributed by atoms with Crippen LogP contribution < -0.4 is 0 Å². The lowest BCUT2D eigenvalue weighted by molar-refractivity contribution is 0.126. The molecule has 0 radical (unpaired) electrons. The molecule has 18 heavy (non-hydrogen) atoms. The van der Waals surface area contributed by atoms with Crippen LogP contribution in [0.25, 0.3) is 0 Å². The summed E-state index contributed by atoms with van der Waals surface area (Å²) in [6, 6.07) is 0. The summed E-state index contributed by atoms with van der Waals surface area (Å²) < 4.78 is 5.59. The fourth-order valence-electron chi connectivity index (χ4n) is 1.95. The summed E-state index contributed by atoms with van der Waals surface area (Å²) in [5, 5.41) is 0. The Kier molecular flexibility index (Phi) is 17.0. The van der Waals surface area contributed by atoms with Crippen LogP contribution in [0.2, 0.25) is 0 Å². The van der Waals surface area contributed by atoms with Gasteiger partial charge in [0.25, 0.3) is 0 Å². The van der Waals surface area contributed by atoms with Gasteiger partial charge in [-0.15, -0.1) is 18.2 Å². The largest absolute Gasteiger partial charge is 0.381 e. The summed E-state index contributed by atoms with van der Waals surface area (Å²) >= 11 is 5.61. The smallest absolute Gasteiger partial charge is 0.0466 e. The van der Waals surface area contributed by atoms with E-state index in [-0.39, 0.29) is 0 Å². The second-order valence-electron chi connectivity index (χ2n) is 4.91. The lowest BCUT2D eigenvalue weighted by atomic mass is 10.1. The lowest BCUT2D eigenvalue weighted by Crippen LogP contribution is -1.97. The van der Waals surface area contributed by atoms with E-state index in [0.717, 1.165) is 31.9 Å². The zero-order valence-corrected chi connectivity index (χ0v) is 12.7. The van der Waals surface area contributed by atoms with E-state index in [1.165, 1.54) is 57.8 Å². The fourth-order valence-corrected chi connectivity index (χ4v) is 2.14. The van der Waals surface area contributed by atoms with E-state index in [1.54, 1.807) is 0 Å². The first-order valence-corrected chi connectivity index (χ1v) is 8.20. The topological polar surface area (TPSA) is 9.23 Å². The average molecular weight is 275 g/mol. The van der Waals surface area contributed by atoms with E-state index in [1.807, 2.05) is 6.08 Å². The molecule has 0 aromatic carbocycles. The van der Waals surface area contributed by atoms with E-state index in [2.05, 4.69) is 6.58 Å². The Bertz CT molecular complexity index is 159. The molecule has 0 spiro atoms. The zero-order chi connectivity index (χ0) is 13.3. The molecule has 108 valence electrons. The van der Waals surface area contributed by atoms with Crippen molar-refractivity contribution in [1.29, 1.82) is 0 Å². The van der Waals surface area contributed by atoms with Gasteiger partial charge < -0.3 is 4.74 Å². The number of hydrogen-bond donors (Lipinski definition) is 0. The second-order valence-corrected chi connectivity index (χ2v) is 5.29. The van der Waals surface area contributed by atoms with Crippen LogP contribution in [-0.4, -0.2) is 19.1 Å². The molecule has 0 rings (SSSR count). The van der Waals surface area contributed by atoms with Gasteiger partial charge in [0, 0.05) is 19.1 Å². The number of alkyl halides is 1. The van der Waals surface area contributed by atoms with Crippen molar-refractivity contribution < 1.29 is 4.74 Å². The quantitative estimate of drug-likeness (QED) is 0.211. The van der Waals surface area contributed by atoms with Crippen LogP contribution in [0.3, 0.4) is 0 Å². The number of unbranched alkanes of at least 4 members (excludes halogenated alkanes) is 9. The van der Waals surface area contributed by atoms with Gasteiger partial charge in [-0.2, -0.15) is 0 Å². The van der Waals surface area contributed by atoms with Gasteiger partial charge >= 0.3 is 0 Å². The minimum atomic E-state index is 0.785. The SMILES string of the molecule is C=CCCCCCCCCCOCCCCCCl. The van der Waals surface area contributed by atoms with Crippen molar-refractivity contribution in [2.45, 2.75) is 70.6 Å². The molecule has 0 aliphatic rings. The molecule has 0 atom stereocenters. The van der Waals surface area contributed by atoms with Gasteiger partial charge in [0.15, 0.2) is 0 Å². The molecule has 0 aromatic rings. The Labute approximate surface area is 119 Å². The molecule has 0 unspecified atom stereocenters. The van der Waals surface area contributed by atoms with Crippen LogP contribution in [-0.2, 0) is 4.74 Å². The summed E-state index contributed by atoms with van der Waals surface area (Å²) in [6.45, 7) is 5.60. The van der Waals surface area contributed by atoms with Crippen molar-refractivity contribution in [1.82, 2.24) is 0 Å². The van der Waals surface area contributed by atoms with Crippen LogP contribution >= 0.6 is 11.6 Å². The van der Waals surface area contributed by atoms with Crippen LogP contribution in [0, 0.1) is 0 Å². The summed E-state index contributed by atoms with van der Waals surface area (Å²) in [5.41, 5.74) is 0. The Morgan fingerprint density at radius 3 is 1.78 bits per heavy atom. The molecule has 0 fully saturated rings. The third-order valence-corrected chi connectivity index (χ3v) is 3.39. The highest BCUT2D eigenvalue weighted by molar-refractivity contribution is 6.17. The number of hydrogen-bond acceptors (Lipinski definition) is 1. The highest BCUT2D eigenvalue weighted by atomic mass is 35.5.